The maximum atomic E-state index is 12.8. The van der Waals surface area contributed by atoms with E-state index in [1.807, 2.05) is 38.1 Å². The molecule has 2 atom stereocenters. The third-order valence-electron chi connectivity index (χ3n) is 4.39. The molecule has 2 amide bonds. The van der Waals surface area contributed by atoms with E-state index in [4.69, 9.17) is 9.47 Å². The van der Waals surface area contributed by atoms with E-state index in [1.54, 1.807) is 23.9 Å². The van der Waals surface area contributed by atoms with Crippen LogP contribution >= 0.6 is 0 Å². The number of amides is 2. The maximum Gasteiger partial charge on any atom is 0.254 e. The van der Waals surface area contributed by atoms with Gasteiger partial charge in [-0.05, 0) is 25.0 Å². The fourth-order valence-corrected chi connectivity index (χ4v) is 2.88. The van der Waals surface area contributed by atoms with Crippen LogP contribution in [0.3, 0.4) is 0 Å². The van der Waals surface area contributed by atoms with Gasteiger partial charge in [0.05, 0.1) is 12.6 Å². The van der Waals surface area contributed by atoms with Crippen molar-refractivity contribution in [2.75, 3.05) is 40.5 Å². The molecule has 0 spiro atoms. The van der Waals surface area contributed by atoms with Crippen LogP contribution in [0.25, 0.3) is 0 Å². The van der Waals surface area contributed by atoms with Crippen LogP contribution in [0, 0.1) is 6.92 Å². The van der Waals surface area contributed by atoms with Gasteiger partial charge in [0.2, 0.25) is 5.91 Å². The number of rotatable bonds is 6. The monoisotopic (exact) mass is 334 g/mol. The first-order valence-corrected chi connectivity index (χ1v) is 8.22. The molecule has 1 aliphatic heterocycles. The minimum atomic E-state index is -0.708. The quantitative estimate of drug-likeness (QED) is 0.738. The summed E-state index contributed by atoms with van der Waals surface area (Å²) >= 11 is 0. The summed E-state index contributed by atoms with van der Waals surface area (Å²) in [4.78, 5) is 28.2. The molecule has 0 N–H and O–H groups in total. The van der Waals surface area contributed by atoms with Gasteiger partial charge in [-0.3, -0.25) is 9.59 Å². The zero-order valence-electron chi connectivity index (χ0n) is 14.8. The Kier molecular flexibility index (Phi) is 6.34. The second-order valence-corrected chi connectivity index (χ2v) is 5.99. The third-order valence-corrected chi connectivity index (χ3v) is 4.39. The first-order chi connectivity index (χ1) is 11.5. The first kappa shape index (κ1) is 18.4. The zero-order chi connectivity index (χ0) is 17.7. The van der Waals surface area contributed by atoms with Crippen molar-refractivity contribution in [3.05, 3.63) is 35.4 Å². The first-order valence-electron chi connectivity index (χ1n) is 8.22. The minimum Gasteiger partial charge on any atom is -0.380 e. The molecule has 1 aromatic carbocycles. The summed E-state index contributed by atoms with van der Waals surface area (Å²) in [7, 11) is 3.46. The van der Waals surface area contributed by atoms with Gasteiger partial charge < -0.3 is 19.3 Å². The van der Waals surface area contributed by atoms with E-state index in [-0.39, 0.29) is 18.4 Å². The van der Waals surface area contributed by atoms with E-state index in [2.05, 4.69) is 0 Å². The smallest absolute Gasteiger partial charge is 0.254 e. The van der Waals surface area contributed by atoms with E-state index < -0.39 is 12.1 Å². The Hall–Kier alpha value is -1.92. The molecule has 1 aromatic rings. The van der Waals surface area contributed by atoms with Gasteiger partial charge in [-0.2, -0.15) is 0 Å². The van der Waals surface area contributed by atoms with Gasteiger partial charge in [-0.1, -0.05) is 24.3 Å². The van der Waals surface area contributed by atoms with Crippen molar-refractivity contribution in [3.63, 3.8) is 0 Å². The summed E-state index contributed by atoms with van der Waals surface area (Å²) in [6, 6.07) is 7.35. The molecule has 1 aliphatic rings. The molecule has 1 fully saturated rings. The summed E-state index contributed by atoms with van der Waals surface area (Å²) in [5, 5.41) is 0. The van der Waals surface area contributed by atoms with Gasteiger partial charge >= 0.3 is 0 Å². The van der Waals surface area contributed by atoms with Crippen molar-refractivity contribution in [3.8, 4) is 0 Å². The van der Waals surface area contributed by atoms with Gasteiger partial charge in [0.25, 0.3) is 5.91 Å². The number of carbonyl (C=O) groups is 2. The highest BCUT2D eigenvalue weighted by atomic mass is 16.5. The zero-order valence-corrected chi connectivity index (χ0v) is 14.8. The lowest BCUT2D eigenvalue weighted by molar-refractivity contribution is -0.167. The predicted octanol–water partition coefficient (Wildman–Crippen LogP) is 1.39. The molecule has 1 heterocycles. The maximum absolute atomic E-state index is 12.8. The molecule has 2 unspecified atom stereocenters. The van der Waals surface area contributed by atoms with Gasteiger partial charge in [-0.15, -0.1) is 0 Å². The molecule has 132 valence electrons. The van der Waals surface area contributed by atoms with Crippen molar-refractivity contribution in [2.24, 2.45) is 0 Å². The largest absolute Gasteiger partial charge is 0.380 e. The van der Waals surface area contributed by atoms with Crippen LogP contribution in [0.2, 0.25) is 0 Å². The predicted molar refractivity (Wildman–Crippen MR) is 90.6 cm³/mol. The van der Waals surface area contributed by atoms with E-state index in [9.17, 15) is 9.59 Å². The second kappa shape index (κ2) is 8.26. The second-order valence-electron chi connectivity index (χ2n) is 5.99. The number of aryl methyl sites for hydroxylation is 1. The lowest BCUT2D eigenvalue weighted by Crippen LogP contribution is -2.53. The molecule has 6 heteroatoms. The van der Waals surface area contributed by atoms with Crippen molar-refractivity contribution in [2.45, 2.75) is 26.0 Å². The molecule has 0 aromatic heterocycles. The Morgan fingerprint density at radius 3 is 2.79 bits per heavy atom. The average molecular weight is 334 g/mol. The minimum absolute atomic E-state index is 0.0748. The molecule has 2 rings (SSSR count). The molecule has 0 bridgehead atoms. The number of carbonyl (C=O) groups excluding carboxylic acids is 2. The Morgan fingerprint density at radius 2 is 2.12 bits per heavy atom. The van der Waals surface area contributed by atoms with E-state index in [0.717, 1.165) is 11.1 Å². The van der Waals surface area contributed by atoms with Crippen LogP contribution in [0.4, 0.5) is 0 Å². The third kappa shape index (κ3) is 3.94. The molecular formula is C18H26N2O4. The fraction of sp³-hybridized carbons (Fsp3) is 0.556. The lowest BCUT2D eigenvalue weighted by atomic mass is 9.93. The van der Waals surface area contributed by atoms with Crippen LogP contribution in [0.1, 0.15) is 24.1 Å². The molecule has 6 nitrogen and oxygen atoms in total. The van der Waals surface area contributed by atoms with Gasteiger partial charge in [0.1, 0.15) is 6.61 Å². The van der Waals surface area contributed by atoms with Crippen molar-refractivity contribution in [1.82, 2.24) is 9.80 Å². The Labute approximate surface area is 143 Å². The topological polar surface area (TPSA) is 59.1 Å². The van der Waals surface area contributed by atoms with Crippen LogP contribution in [-0.2, 0) is 19.1 Å². The highest BCUT2D eigenvalue weighted by Crippen LogP contribution is 2.31. The average Bonchev–Trinajstić information content (AvgIpc) is 2.57. The van der Waals surface area contributed by atoms with Gasteiger partial charge in [-0.25, -0.2) is 0 Å². The van der Waals surface area contributed by atoms with Crippen LogP contribution < -0.4 is 0 Å². The fourth-order valence-electron chi connectivity index (χ4n) is 2.88. The van der Waals surface area contributed by atoms with Crippen molar-refractivity contribution < 1.29 is 19.1 Å². The Morgan fingerprint density at radius 1 is 1.42 bits per heavy atom. The normalized spacial score (nSPS) is 21.0. The molecule has 24 heavy (non-hydrogen) atoms. The summed E-state index contributed by atoms with van der Waals surface area (Å²) in [5.41, 5.74) is 1.96. The van der Waals surface area contributed by atoms with Crippen molar-refractivity contribution in [1.29, 1.82) is 0 Å². The number of likely N-dealkylation sites (N-methyl/N-ethyl adjacent to an activating group) is 2. The van der Waals surface area contributed by atoms with E-state index >= 15 is 0 Å². The molecule has 0 saturated carbocycles. The Balaban J connectivity index is 2.24. The molecule has 1 saturated heterocycles. The number of morpholine rings is 1. The molecular weight excluding hydrogens is 308 g/mol. The van der Waals surface area contributed by atoms with Gasteiger partial charge in [0, 0.05) is 27.2 Å². The van der Waals surface area contributed by atoms with E-state index in [1.165, 1.54) is 0 Å². The summed E-state index contributed by atoms with van der Waals surface area (Å²) in [6.07, 6.45) is -0.708. The standard InChI is InChI=1S/C18H26N2O4/c1-5-23-11-10-19(3)18(22)17-16(20(4)15(21)12-24-17)14-9-7-6-8-13(14)2/h6-9,16-17H,5,10-12H2,1-4H3. The molecule has 0 radical (unpaired) electrons. The lowest BCUT2D eigenvalue weighted by Gasteiger charge is -2.40. The number of hydrogen-bond donors (Lipinski definition) is 0. The van der Waals surface area contributed by atoms with Crippen LogP contribution in [0.15, 0.2) is 24.3 Å². The summed E-state index contributed by atoms with van der Waals surface area (Å²) < 4.78 is 11.0. The number of nitrogens with zero attached hydrogens (tertiary/aromatic N) is 2. The highest BCUT2D eigenvalue weighted by molar-refractivity contribution is 5.86. The number of ether oxygens (including phenoxy) is 2. The molecule has 0 aliphatic carbocycles. The number of hydrogen-bond acceptors (Lipinski definition) is 4. The van der Waals surface area contributed by atoms with Crippen LogP contribution in [0.5, 0.6) is 0 Å². The van der Waals surface area contributed by atoms with Crippen molar-refractivity contribution >= 4 is 11.8 Å². The summed E-state index contributed by atoms with van der Waals surface area (Å²) in [5.74, 6) is -0.258. The Bertz CT molecular complexity index is 590. The van der Waals surface area contributed by atoms with E-state index in [0.29, 0.717) is 19.8 Å². The van der Waals surface area contributed by atoms with Gasteiger partial charge in [0.15, 0.2) is 6.10 Å². The van der Waals surface area contributed by atoms with Crippen LogP contribution in [-0.4, -0.2) is 68.2 Å². The summed E-state index contributed by atoms with van der Waals surface area (Å²) in [6.45, 7) is 5.41. The highest BCUT2D eigenvalue weighted by Gasteiger charge is 2.41. The SMILES string of the molecule is CCOCCN(C)C(=O)C1OCC(=O)N(C)C1c1ccccc1C. The number of benzene rings is 1.